The molecule has 2 rings (SSSR count). The fraction of sp³-hybridized carbons (Fsp3) is 0.357. The molecule has 106 valence electrons. The number of hydrogen-bond acceptors (Lipinski definition) is 3. The van der Waals surface area contributed by atoms with E-state index in [9.17, 15) is 14.4 Å². The van der Waals surface area contributed by atoms with Gasteiger partial charge in [-0.3, -0.25) is 14.5 Å². The Labute approximate surface area is 117 Å². The van der Waals surface area contributed by atoms with E-state index in [1.165, 1.54) is 0 Å². The number of carbonyl (C=O) groups excluding carboxylic acids is 3. The second-order valence-electron chi connectivity index (χ2n) is 5.01. The molecule has 6 heteroatoms. The van der Waals surface area contributed by atoms with Crippen LogP contribution in [-0.2, 0) is 9.59 Å². The van der Waals surface area contributed by atoms with Crippen LogP contribution >= 0.6 is 0 Å². The van der Waals surface area contributed by atoms with Crippen molar-refractivity contribution >= 4 is 23.5 Å². The van der Waals surface area contributed by atoms with Crippen LogP contribution in [0.5, 0.6) is 0 Å². The minimum Gasteiger partial charge on any atom is -0.326 e. The maximum absolute atomic E-state index is 12.0. The summed E-state index contributed by atoms with van der Waals surface area (Å²) in [5.41, 5.74) is 0.630. The molecule has 0 saturated carbocycles. The predicted molar refractivity (Wildman–Crippen MR) is 73.9 cm³/mol. The summed E-state index contributed by atoms with van der Waals surface area (Å²) in [5.74, 6) is -0.758. The summed E-state index contributed by atoms with van der Waals surface area (Å²) in [5, 5.41) is 5.22. The SMILES string of the molecule is CC(C)[C@H]1NC(=O)N(CC(=O)Nc2ccccc2)C1=O. The first kappa shape index (κ1) is 14.0. The number of nitrogens with one attached hydrogen (secondary N) is 2. The van der Waals surface area contributed by atoms with Gasteiger partial charge in [-0.1, -0.05) is 32.0 Å². The molecule has 1 aliphatic heterocycles. The summed E-state index contributed by atoms with van der Waals surface area (Å²) in [6.07, 6.45) is 0. The quantitative estimate of drug-likeness (QED) is 0.810. The number of carbonyl (C=O) groups is 3. The van der Waals surface area contributed by atoms with Gasteiger partial charge in [0.25, 0.3) is 5.91 Å². The molecule has 1 fully saturated rings. The van der Waals surface area contributed by atoms with Crippen molar-refractivity contribution in [1.29, 1.82) is 0 Å². The van der Waals surface area contributed by atoms with Crippen LogP contribution in [0.2, 0.25) is 0 Å². The smallest absolute Gasteiger partial charge is 0.325 e. The molecule has 6 nitrogen and oxygen atoms in total. The van der Waals surface area contributed by atoms with E-state index in [2.05, 4.69) is 10.6 Å². The second-order valence-corrected chi connectivity index (χ2v) is 5.01. The fourth-order valence-corrected chi connectivity index (χ4v) is 2.01. The van der Waals surface area contributed by atoms with Crippen LogP contribution in [0.3, 0.4) is 0 Å². The van der Waals surface area contributed by atoms with E-state index >= 15 is 0 Å². The number of amides is 4. The summed E-state index contributed by atoms with van der Waals surface area (Å²) < 4.78 is 0. The van der Waals surface area contributed by atoms with Gasteiger partial charge in [0.1, 0.15) is 12.6 Å². The third kappa shape index (κ3) is 2.96. The number of benzene rings is 1. The molecule has 1 atom stereocenters. The van der Waals surface area contributed by atoms with Crippen molar-refractivity contribution in [2.24, 2.45) is 5.92 Å². The van der Waals surface area contributed by atoms with Crippen LogP contribution in [0.25, 0.3) is 0 Å². The normalized spacial score (nSPS) is 18.4. The van der Waals surface area contributed by atoms with E-state index in [0.717, 1.165) is 4.90 Å². The average Bonchev–Trinajstić information content (AvgIpc) is 2.68. The van der Waals surface area contributed by atoms with Crippen LogP contribution < -0.4 is 10.6 Å². The maximum atomic E-state index is 12.0. The summed E-state index contributed by atoms with van der Waals surface area (Å²) in [6, 6.07) is 7.82. The maximum Gasteiger partial charge on any atom is 0.325 e. The van der Waals surface area contributed by atoms with Gasteiger partial charge in [0, 0.05) is 5.69 Å². The zero-order valence-electron chi connectivity index (χ0n) is 11.4. The molecule has 2 N–H and O–H groups in total. The van der Waals surface area contributed by atoms with E-state index in [4.69, 9.17) is 0 Å². The van der Waals surface area contributed by atoms with Crippen molar-refractivity contribution in [3.05, 3.63) is 30.3 Å². The molecule has 0 aromatic heterocycles. The van der Waals surface area contributed by atoms with Gasteiger partial charge in [0.05, 0.1) is 0 Å². The lowest BCUT2D eigenvalue weighted by molar-refractivity contribution is -0.131. The van der Waals surface area contributed by atoms with Gasteiger partial charge in [-0.2, -0.15) is 0 Å². The Hall–Kier alpha value is -2.37. The minimum absolute atomic E-state index is 0.00589. The van der Waals surface area contributed by atoms with Gasteiger partial charge in [-0.25, -0.2) is 4.79 Å². The van der Waals surface area contributed by atoms with Crippen molar-refractivity contribution in [1.82, 2.24) is 10.2 Å². The molecule has 1 aliphatic rings. The molecule has 0 aliphatic carbocycles. The molecule has 0 radical (unpaired) electrons. The van der Waals surface area contributed by atoms with Crippen molar-refractivity contribution in [3.8, 4) is 0 Å². The third-order valence-corrected chi connectivity index (χ3v) is 3.08. The first-order valence-corrected chi connectivity index (χ1v) is 6.46. The fourth-order valence-electron chi connectivity index (χ4n) is 2.01. The monoisotopic (exact) mass is 275 g/mol. The van der Waals surface area contributed by atoms with Gasteiger partial charge in [0.2, 0.25) is 5.91 Å². The largest absolute Gasteiger partial charge is 0.326 e. The molecule has 0 spiro atoms. The number of hydrogen-bond donors (Lipinski definition) is 2. The predicted octanol–water partition coefficient (Wildman–Crippen LogP) is 1.20. The van der Waals surface area contributed by atoms with Crippen LogP contribution in [0.4, 0.5) is 10.5 Å². The molecule has 0 unspecified atom stereocenters. The van der Waals surface area contributed by atoms with Crippen LogP contribution in [0.15, 0.2) is 30.3 Å². The van der Waals surface area contributed by atoms with Crippen molar-refractivity contribution in [2.45, 2.75) is 19.9 Å². The number of imide groups is 1. The zero-order valence-corrected chi connectivity index (χ0v) is 11.4. The standard InChI is InChI=1S/C14H17N3O3/c1-9(2)12-13(19)17(14(20)16-12)8-11(18)15-10-6-4-3-5-7-10/h3-7,9,12H,8H2,1-2H3,(H,15,18)(H,16,20)/t12-/m1/s1. The van der Waals surface area contributed by atoms with Crippen LogP contribution in [0.1, 0.15) is 13.8 Å². The molecule has 1 saturated heterocycles. The van der Waals surface area contributed by atoms with E-state index < -0.39 is 18.0 Å². The lowest BCUT2D eigenvalue weighted by Crippen LogP contribution is -2.39. The Morgan fingerprint density at radius 1 is 1.30 bits per heavy atom. The van der Waals surface area contributed by atoms with Crippen molar-refractivity contribution in [2.75, 3.05) is 11.9 Å². The highest BCUT2D eigenvalue weighted by Crippen LogP contribution is 2.14. The molecular formula is C14H17N3O3. The highest BCUT2D eigenvalue weighted by Gasteiger charge is 2.40. The number of anilines is 1. The highest BCUT2D eigenvalue weighted by molar-refractivity contribution is 6.08. The lowest BCUT2D eigenvalue weighted by atomic mass is 10.1. The number of nitrogens with zero attached hydrogens (tertiary/aromatic N) is 1. The molecule has 1 aromatic carbocycles. The number of rotatable bonds is 4. The Kier molecular flexibility index (Phi) is 4.02. The Balaban J connectivity index is 1.98. The summed E-state index contributed by atoms with van der Waals surface area (Å²) in [6.45, 7) is 3.41. The molecule has 1 aromatic rings. The molecule has 4 amide bonds. The van der Waals surface area contributed by atoms with Gasteiger partial charge in [-0.05, 0) is 18.1 Å². The number of urea groups is 1. The van der Waals surface area contributed by atoms with E-state index in [1.807, 2.05) is 19.9 Å². The first-order chi connectivity index (χ1) is 9.49. The lowest BCUT2D eigenvalue weighted by Gasteiger charge is -2.14. The summed E-state index contributed by atoms with van der Waals surface area (Å²) in [7, 11) is 0. The van der Waals surface area contributed by atoms with Gasteiger partial charge < -0.3 is 10.6 Å². The third-order valence-electron chi connectivity index (χ3n) is 3.08. The van der Waals surface area contributed by atoms with Crippen LogP contribution in [0, 0.1) is 5.92 Å². The van der Waals surface area contributed by atoms with Gasteiger partial charge >= 0.3 is 6.03 Å². The molecular weight excluding hydrogens is 258 g/mol. The van der Waals surface area contributed by atoms with E-state index in [0.29, 0.717) is 5.69 Å². The van der Waals surface area contributed by atoms with Gasteiger partial charge in [-0.15, -0.1) is 0 Å². The molecule has 20 heavy (non-hydrogen) atoms. The average molecular weight is 275 g/mol. The molecule has 0 bridgehead atoms. The Bertz CT molecular complexity index is 528. The molecule has 1 heterocycles. The Morgan fingerprint density at radius 3 is 2.50 bits per heavy atom. The summed E-state index contributed by atoms with van der Waals surface area (Å²) in [4.78, 5) is 36.5. The van der Waals surface area contributed by atoms with Gasteiger partial charge in [0.15, 0.2) is 0 Å². The highest BCUT2D eigenvalue weighted by atomic mass is 16.2. The summed E-state index contributed by atoms with van der Waals surface area (Å²) >= 11 is 0. The van der Waals surface area contributed by atoms with Crippen molar-refractivity contribution in [3.63, 3.8) is 0 Å². The van der Waals surface area contributed by atoms with Crippen molar-refractivity contribution < 1.29 is 14.4 Å². The van der Waals surface area contributed by atoms with E-state index in [-0.39, 0.29) is 18.4 Å². The van der Waals surface area contributed by atoms with Crippen LogP contribution in [-0.4, -0.2) is 35.3 Å². The Morgan fingerprint density at radius 2 is 1.95 bits per heavy atom. The minimum atomic E-state index is -0.549. The zero-order chi connectivity index (χ0) is 14.7. The second kappa shape index (κ2) is 5.73. The number of para-hydroxylation sites is 1. The van der Waals surface area contributed by atoms with E-state index in [1.54, 1.807) is 24.3 Å². The first-order valence-electron chi connectivity index (χ1n) is 6.46. The topological polar surface area (TPSA) is 78.5 Å².